The molecule has 0 fully saturated rings. The summed E-state index contributed by atoms with van der Waals surface area (Å²) >= 11 is 11.6. The summed E-state index contributed by atoms with van der Waals surface area (Å²) in [7, 11) is 1.60. The number of hydrogen-bond donors (Lipinski definition) is 2. The highest BCUT2D eigenvalue weighted by atomic mass is 35.5. The fourth-order valence-corrected chi connectivity index (χ4v) is 2.79. The highest BCUT2D eigenvalue weighted by molar-refractivity contribution is 7.80. The van der Waals surface area contributed by atoms with Gasteiger partial charge in [-0.25, -0.2) is 0 Å². The molecule has 0 aliphatic carbocycles. The summed E-state index contributed by atoms with van der Waals surface area (Å²) in [5.74, 6) is 0.587. The maximum Gasteiger partial charge on any atom is 0.243 e. The molecule has 0 spiro atoms. The van der Waals surface area contributed by atoms with E-state index >= 15 is 0 Å². The maximum atomic E-state index is 12.3. The van der Waals surface area contributed by atoms with E-state index in [2.05, 4.69) is 10.6 Å². The van der Waals surface area contributed by atoms with E-state index in [1.807, 2.05) is 32.0 Å². The number of hydrogen-bond acceptors (Lipinski definition) is 3. The van der Waals surface area contributed by atoms with Gasteiger partial charge in [0.1, 0.15) is 5.75 Å². The zero-order valence-corrected chi connectivity index (χ0v) is 16.6. The number of ether oxygens (including phenoxy) is 1. The van der Waals surface area contributed by atoms with E-state index in [0.29, 0.717) is 22.4 Å². The van der Waals surface area contributed by atoms with Crippen molar-refractivity contribution in [2.24, 2.45) is 0 Å². The van der Waals surface area contributed by atoms with Crippen molar-refractivity contribution in [1.29, 1.82) is 0 Å². The molecule has 7 heteroatoms. The molecule has 138 valence electrons. The average molecular weight is 392 g/mol. The lowest BCUT2D eigenvalue weighted by Gasteiger charge is -2.24. The minimum absolute atomic E-state index is 0.147. The topological polar surface area (TPSA) is 53.6 Å². The molecule has 2 aromatic rings. The van der Waals surface area contributed by atoms with Crippen LogP contribution in [0.5, 0.6) is 5.75 Å². The first-order chi connectivity index (χ1) is 12.4. The summed E-state index contributed by atoms with van der Waals surface area (Å²) in [6, 6.07) is 12.7. The van der Waals surface area contributed by atoms with Gasteiger partial charge in [-0.1, -0.05) is 17.7 Å². The molecule has 0 bridgehead atoms. The van der Waals surface area contributed by atoms with Crippen molar-refractivity contribution in [3.63, 3.8) is 0 Å². The number of rotatable bonds is 6. The van der Waals surface area contributed by atoms with Crippen LogP contribution < -0.4 is 15.4 Å². The number of halogens is 1. The van der Waals surface area contributed by atoms with Crippen LogP contribution in [0.4, 0.5) is 11.4 Å². The number of methoxy groups -OCH3 is 1. The Morgan fingerprint density at radius 1 is 1.19 bits per heavy atom. The van der Waals surface area contributed by atoms with E-state index in [1.54, 1.807) is 36.3 Å². The molecule has 0 radical (unpaired) electrons. The molecule has 26 heavy (non-hydrogen) atoms. The third-order valence-corrected chi connectivity index (χ3v) is 4.66. The summed E-state index contributed by atoms with van der Waals surface area (Å²) in [6.45, 7) is 4.61. The first kappa shape index (κ1) is 20.0. The average Bonchev–Trinajstić information content (AvgIpc) is 2.64. The minimum Gasteiger partial charge on any atom is -0.497 e. The van der Waals surface area contributed by atoms with Crippen molar-refractivity contribution in [2.75, 3.05) is 30.8 Å². The van der Waals surface area contributed by atoms with Gasteiger partial charge in [0.15, 0.2) is 5.11 Å². The van der Waals surface area contributed by atoms with E-state index < -0.39 is 0 Å². The molecule has 0 saturated heterocycles. The standard InChI is InChI=1S/C19H22ClN3O2S/c1-4-23(19(26)22-17-7-5-6-16(20)13(17)2)12-18(24)21-14-8-10-15(25-3)11-9-14/h5-11H,4,12H2,1-3H3,(H,21,24)(H,22,26). The molecule has 1 amide bonds. The summed E-state index contributed by atoms with van der Waals surface area (Å²) < 4.78 is 5.11. The van der Waals surface area contributed by atoms with Crippen LogP contribution in [0.25, 0.3) is 0 Å². The van der Waals surface area contributed by atoms with Crippen molar-refractivity contribution in [1.82, 2.24) is 4.90 Å². The second-order valence-electron chi connectivity index (χ2n) is 5.63. The Morgan fingerprint density at radius 2 is 1.88 bits per heavy atom. The summed E-state index contributed by atoms with van der Waals surface area (Å²) in [5.41, 5.74) is 2.45. The number of nitrogens with zero attached hydrogens (tertiary/aromatic N) is 1. The molecule has 0 atom stereocenters. The van der Waals surface area contributed by atoms with Crippen molar-refractivity contribution in [3.05, 3.63) is 53.1 Å². The first-order valence-electron chi connectivity index (χ1n) is 8.19. The molecule has 0 aromatic heterocycles. The fourth-order valence-electron chi connectivity index (χ4n) is 2.31. The van der Waals surface area contributed by atoms with Crippen LogP contribution in [0.1, 0.15) is 12.5 Å². The second kappa shape index (κ2) is 9.40. The summed E-state index contributed by atoms with van der Waals surface area (Å²) in [5, 5.41) is 7.15. The molecule has 2 rings (SSSR count). The van der Waals surface area contributed by atoms with Gasteiger partial charge in [-0.3, -0.25) is 4.79 Å². The Morgan fingerprint density at radius 3 is 2.50 bits per heavy atom. The van der Waals surface area contributed by atoms with Crippen molar-refractivity contribution in [3.8, 4) is 5.75 Å². The van der Waals surface area contributed by atoms with Gasteiger partial charge in [-0.2, -0.15) is 0 Å². The van der Waals surface area contributed by atoms with E-state index in [4.69, 9.17) is 28.6 Å². The highest BCUT2D eigenvalue weighted by Crippen LogP contribution is 2.23. The molecule has 0 heterocycles. The molecular formula is C19H22ClN3O2S. The first-order valence-corrected chi connectivity index (χ1v) is 8.98. The Balaban J connectivity index is 1.97. The molecule has 0 unspecified atom stereocenters. The van der Waals surface area contributed by atoms with E-state index in [0.717, 1.165) is 17.0 Å². The Kier molecular flexibility index (Phi) is 7.24. The lowest BCUT2D eigenvalue weighted by molar-refractivity contribution is -0.116. The number of benzene rings is 2. The Labute approximate surface area is 164 Å². The fraction of sp³-hybridized carbons (Fsp3) is 0.263. The predicted molar refractivity (Wildman–Crippen MR) is 111 cm³/mol. The third-order valence-electron chi connectivity index (χ3n) is 3.89. The molecule has 0 aliphatic heterocycles. The zero-order chi connectivity index (χ0) is 19.1. The number of thiocarbonyl (C=S) groups is 1. The van der Waals surface area contributed by atoms with Gasteiger partial charge < -0.3 is 20.3 Å². The van der Waals surface area contributed by atoms with Crippen LogP contribution >= 0.6 is 23.8 Å². The van der Waals surface area contributed by atoms with Gasteiger partial charge >= 0.3 is 0 Å². The van der Waals surface area contributed by atoms with Gasteiger partial charge in [-0.05, 0) is 68.0 Å². The van der Waals surface area contributed by atoms with Crippen LogP contribution in [0, 0.1) is 6.92 Å². The number of nitrogens with one attached hydrogen (secondary N) is 2. The van der Waals surface area contributed by atoms with E-state index in [1.165, 1.54) is 0 Å². The largest absolute Gasteiger partial charge is 0.497 e. The molecule has 5 nitrogen and oxygen atoms in total. The van der Waals surface area contributed by atoms with E-state index in [9.17, 15) is 4.79 Å². The molecular weight excluding hydrogens is 370 g/mol. The molecule has 0 aliphatic rings. The third kappa shape index (κ3) is 5.34. The Hall–Kier alpha value is -2.31. The number of amides is 1. The van der Waals surface area contributed by atoms with Gasteiger partial charge in [0, 0.05) is 22.9 Å². The summed E-state index contributed by atoms with van der Waals surface area (Å²) in [4.78, 5) is 14.1. The summed E-state index contributed by atoms with van der Waals surface area (Å²) in [6.07, 6.45) is 0. The molecule has 2 N–H and O–H groups in total. The number of anilines is 2. The number of carbonyl (C=O) groups is 1. The van der Waals surface area contributed by atoms with Crippen molar-refractivity contribution >= 4 is 46.2 Å². The lowest BCUT2D eigenvalue weighted by Crippen LogP contribution is -2.40. The Bertz CT molecular complexity index is 781. The molecule has 2 aromatic carbocycles. The zero-order valence-electron chi connectivity index (χ0n) is 15.0. The normalized spacial score (nSPS) is 10.2. The maximum absolute atomic E-state index is 12.3. The van der Waals surface area contributed by atoms with Crippen LogP contribution in [-0.2, 0) is 4.79 Å². The predicted octanol–water partition coefficient (Wildman–Crippen LogP) is 4.31. The van der Waals surface area contributed by atoms with Crippen molar-refractivity contribution < 1.29 is 9.53 Å². The lowest BCUT2D eigenvalue weighted by atomic mass is 10.2. The number of carbonyl (C=O) groups excluding carboxylic acids is 1. The van der Waals surface area contributed by atoms with Gasteiger partial charge in [0.05, 0.1) is 13.7 Å². The van der Waals surface area contributed by atoms with Crippen LogP contribution in [-0.4, -0.2) is 36.1 Å². The van der Waals surface area contributed by atoms with Gasteiger partial charge in [-0.15, -0.1) is 0 Å². The number of likely N-dealkylation sites (N-methyl/N-ethyl adjacent to an activating group) is 1. The van der Waals surface area contributed by atoms with Crippen LogP contribution in [0.3, 0.4) is 0 Å². The SMILES string of the molecule is CCN(CC(=O)Nc1ccc(OC)cc1)C(=S)Nc1cccc(Cl)c1C. The van der Waals surface area contributed by atoms with Gasteiger partial charge in [0.2, 0.25) is 5.91 Å². The highest BCUT2D eigenvalue weighted by Gasteiger charge is 2.14. The second-order valence-corrected chi connectivity index (χ2v) is 6.43. The minimum atomic E-state index is -0.149. The van der Waals surface area contributed by atoms with Crippen LogP contribution in [0.2, 0.25) is 5.02 Å². The van der Waals surface area contributed by atoms with Gasteiger partial charge in [0.25, 0.3) is 0 Å². The van der Waals surface area contributed by atoms with Crippen molar-refractivity contribution in [2.45, 2.75) is 13.8 Å². The quantitative estimate of drug-likeness (QED) is 0.718. The van der Waals surface area contributed by atoms with E-state index in [-0.39, 0.29) is 12.5 Å². The monoisotopic (exact) mass is 391 g/mol. The molecule has 0 saturated carbocycles. The van der Waals surface area contributed by atoms with Crippen LogP contribution in [0.15, 0.2) is 42.5 Å². The smallest absolute Gasteiger partial charge is 0.243 e.